The molecule has 0 fully saturated rings. The van der Waals surface area contributed by atoms with Crippen LogP contribution in [0.3, 0.4) is 0 Å². The average Bonchev–Trinajstić information content (AvgIpc) is 3.06. The Morgan fingerprint density at radius 3 is 2.45 bits per heavy atom. The molecule has 2 aromatic carbocycles. The number of fused-ring (bicyclic) bond motifs is 1. The van der Waals surface area contributed by atoms with Crippen molar-refractivity contribution in [3.8, 4) is 11.1 Å². The molecule has 31 heavy (non-hydrogen) atoms. The summed E-state index contributed by atoms with van der Waals surface area (Å²) in [5.41, 5.74) is 2.04. The summed E-state index contributed by atoms with van der Waals surface area (Å²) in [6.45, 7) is 3.45. The predicted octanol–water partition coefficient (Wildman–Crippen LogP) is 5.33. The topological polar surface area (TPSA) is 72.2 Å². The number of hydrogen-bond acceptors (Lipinski definition) is 4. The Hall–Kier alpha value is -3.46. The van der Waals surface area contributed by atoms with Gasteiger partial charge in [-0.05, 0) is 37.6 Å². The molecule has 2 heterocycles. The molecule has 0 aliphatic heterocycles. The quantitative estimate of drug-likeness (QED) is 0.462. The summed E-state index contributed by atoms with van der Waals surface area (Å²) in [6.07, 6.45) is -4.57. The van der Waals surface area contributed by atoms with Gasteiger partial charge in [0.15, 0.2) is 11.3 Å². The van der Waals surface area contributed by atoms with E-state index in [1.807, 2.05) is 37.3 Å². The highest BCUT2D eigenvalue weighted by Crippen LogP contribution is 2.34. The van der Waals surface area contributed by atoms with E-state index >= 15 is 0 Å². The SMILES string of the molecule is Cc1nn2c(C)c(C(=O)Nc3cc(C(F)(F)F)ccc3Cl)nnc2c1-c1ccccc1. The number of halogens is 4. The van der Waals surface area contributed by atoms with Crippen LogP contribution in [0.5, 0.6) is 0 Å². The van der Waals surface area contributed by atoms with Crippen molar-refractivity contribution in [2.24, 2.45) is 0 Å². The highest BCUT2D eigenvalue weighted by molar-refractivity contribution is 6.34. The normalized spacial score (nSPS) is 11.7. The van der Waals surface area contributed by atoms with Gasteiger partial charge in [-0.2, -0.15) is 18.3 Å². The van der Waals surface area contributed by atoms with Crippen LogP contribution in [0.2, 0.25) is 5.02 Å². The molecule has 4 aromatic rings. The summed E-state index contributed by atoms with van der Waals surface area (Å²) >= 11 is 5.97. The van der Waals surface area contributed by atoms with Crippen LogP contribution < -0.4 is 5.32 Å². The monoisotopic (exact) mass is 445 g/mol. The van der Waals surface area contributed by atoms with E-state index in [4.69, 9.17) is 11.6 Å². The van der Waals surface area contributed by atoms with E-state index in [0.29, 0.717) is 17.0 Å². The fourth-order valence-electron chi connectivity index (χ4n) is 3.24. The third-order valence-corrected chi connectivity index (χ3v) is 5.09. The third kappa shape index (κ3) is 3.84. The predicted molar refractivity (Wildman–Crippen MR) is 110 cm³/mol. The first-order chi connectivity index (χ1) is 14.7. The third-order valence-electron chi connectivity index (χ3n) is 4.76. The molecule has 0 saturated carbocycles. The van der Waals surface area contributed by atoms with Crippen LogP contribution in [0.4, 0.5) is 18.9 Å². The Bertz CT molecular complexity index is 1300. The number of benzene rings is 2. The standard InChI is InChI=1S/C21H15ClF3N5O/c1-11-17(13-6-4-3-5-7-13)19-28-27-18(12(2)30(19)29-11)20(31)26-16-10-14(21(23,24)25)8-9-15(16)22/h3-10H,1-2H3,(H,26,31). The molecule has 0 unspecified atom stereocenters. The van der Waals surface area contributed by atoms with Crippen LogP contribution in [-0.2, 0) is 6.18 Å². The van der Waals surface area contributed by atoms with E-state index in [-0.39, 0.29) is 16.4 Å². The number of nitrogens with one attached hydrogen (secondary N) is 1. The number of nitrogens with zero attached hydrogens (tertiary/aromatic N) is 4. The number of anilines is 1. The molecule has 0 spiro atoms. The van der Waals surface area contributed by atoms with Gasteiger partial charge in [0.2, 0.25) is 0 Å². The fraction of sp³-hybridized carbons (Fsp3) is 0.143. The summed E-state index contributed by atoms with van der Waals surface area (Å²) in [5.74, 6) is -0.748. The van der Waals surface area contributed by atoms with E-state index < -0.39 is 17.6 Å². The first-order valence-corrected chi connectivity index (χ1v) is 9.50. The number of amides is 1. The molecule has 2 aromatic heterocycles. The van der Waals surface area contributed by atoms with Gasteiger partial charge in [-0.3, -0.25) is 4.79 Å². The molecule has 0 radical (unpaired) electrons. The number of carbonyl (C=O) groups is 1. The van der Waals surface area contributed by atoms with E-state index in [0.717, 1.165) is 29.3 Å². The molecule has 1 N–H and O–H groups in total. The molecule has 10 heteroatoms. The summed E-state index contributed by atoms with van der Waals surface area (Å²) in [4.78, 5) is 12.8. The second-order valence-corrected chi connectivity index (χ2v) is 7.25. The van der Waals surface area contributed by atoms with E-state index in [2.05, 4.69) is 20.6 Å². The van der Waals surface area contributed by atoms with Crippen LogP contribution in [-0.4, -0.2) is 25.7 Å². The molecule has 6 nitrogen and oxygen atoms in total. The number of aromatic nitrogens is 4. The number of hydrogen-bond donors (Lipinski definition) is 1. The zero-order valence-corrected chi connectivity index (χ0v) is 17.1. The van der Waals surface area contributed by atoms with Crippen molar-refractivity contribution in [2.75, 3.05) is 5.32 Å². The first-order valence-electron chi connectivity index (χ1n) is 9.13. The van der Waals surface area contributed by atoms with Crippen molar-refractivity contribution < 1.29 is 18.0 Å². The van der Waals surface area contributed by atoms with Crippen LogP contribution >= 0.6 is 11.6 Å². The molecule has 0 atom stereocenters. The lowest BCUT2D eigenvalue weighted by atomic mass is 10.1. The first kappa shape index (κ1) is 20.8. The summed E-state index contributed by atoms with van der Waals surface area (Å²) in [5, 5.41) is 15.0. The smallest absolute Gasteiger partial charge is 0.319 e. The van der Waals surface area contributed by atoms with Crippen molar-refractivity contribution in [3.63, 3.8) is 0 Å². The van der Waals surface area contributed by atoms with Gasteiger partial charge in [0.25, 0.3) is 5.91 Å². The van der Waals surface area contributed by atoms with Gasteiger partial charge >= 0.3 is 6.18 Å². The van der Waals surface area contributed by atoms with Gasteiger partial charge in [0.1, 0.15) is 0 Å². The molecule has 0 aliphatic rings. The van der Waals surface area contributed by atoms with Crippen molar-refractivity contribution in [3.05, 3.63) is 76.2 Å². The molecule has 0 saturated heterocycles. The van der Waals surface area contributed by atoms with Gasteiger partial charge in [-0.25, -0.2) is 4.52 Å². The minimum absolute atomic E-state index is 0.0330. The Kier molecular flexibility index (Phi) is 5.14. The van der Waals surface area contributed by atoms with Crippen molar-refractivity contribution in [1.29, 1.82) is 0 Å². The van der Waals surface area contributed by atoms with Crippen LogP contribution in [0.1, 0.15) is 27.4 Å². The Labute approximate surface area is 179 Å². The van der Waals surface area contributed by atoms with Gasteiger partial charge in [-0.15, -0.1) is 10.2 Å². The average molecular weight is 446 g/mol. The maximum absolute atomic E-state index is 13.0. The Morgan fingerprint density at radius 1 is 1.06 bits per heavy atom. The van der Waals surface area contributed by atoms with Crippen molar-refractivity contribution in [2.45, 2.75) is 20.0 Å². The maximum atomic E-state index is 13.0. The summed E-state index contributed by atoms with van der Waals surface area (Å²) in [7, 11) is 0. The zero-order chi connectivity index (χ0) is 22.3. The van der Waals surface area contributed by atoms with Crippen molar-refractivity contribution >= 4 is 28.8 Å². The lowest BCUT2D eigenvalue weighted by Crippen LogP contribution is -2.19. The zero-order valence-electron chi connectivity index (χ0n) is 16.3. The number of aryl methyl sites for hydroxylation is 2. The van der Waals surface area contributed by atoms with Gasteiger partial charge in [0.05, 0.1) is 33.2 Å². The number of rotatable bonds is 3. The van der Waals surface area contributed by atoms with Gasteiger partial charge in [0, 0.05) is 0 Å². The highest BCUT2D eigenvalue weighted by Gasteiger charge is 2.31. The second-order valence-electron chi connectivity index (χ2n) is 6.84. The van der Waals surface area contributed by atoms with E-state index in [9.17, 15) is 18.0 Å². The van der Waals surface area contributed by atoms with Crippen molar-refractivity contribution in [1.82, 2.24) is 19.8 Å². The molecule has 0 bridgehead atoms. The van der Waals surface area contributed by atoms with E-state index in [1.165, 1.54) is 4.52 Å². The minimum atomic E-state index is -4.57. The molecular formula is C21H15ClF3N5O. The lowest BCUT2D eigenvalue weighted by molar-refractivity contribution is -0.137. The lowest BCUT2D eigenvalue weighted by Gasteiger charge is -2.12. The highest BCUT2D eigenvalue weighted by atomic mass is 35.5. The van der Waals surface area contributed by atoms with Crippen LogP contribution in [0.15, 0.2) is 48.5 Å². The molecule has 158 valence electrons. The van der Waals surface area contributed by atoms with E-state index in [1.54, 1.807) is 6.92 Å². The number of alkyl halides is 3. The number of carbonyl (C=O) groups excluding carboxylic acids is 1. The summed E-state index contributed by atoms with van der Waals surface area (Å²) in [6, 6.07) is 12.2. The maximum Gasteiger partial charge on any atom is 0.416 e. The van der Waals surface area contributed by atoms with Crippen LogP contribution in [0.25, 0.3) is 16.8 Å². The summed E-state index contributed by atoms with van der Waals surface area (Å²) < 4.78 is 40.5. The molecule has 4 rings (SSSR count). The van der Waals surface area contributed by atoms with Gasteiger partial charge in [-0.1, -0.05) is 41.9 Å². The van der Waals surface area contributed by atoms with Crippen LogP contribution in [0, 0.1) is 13.8 Å². The molecule has 0 aliphatic carbocycles. The Balaban J connectivity index is 1.73. The fourth-order valence-corrected chi connectivity index (χ4v) is 3.41. The molecular weight excluding hydrogens is 431 g/mol. The Morgan fingerprint density at radius 2 is 1.77 bits per heavy atom. The van der Waals surface area contributed by atoms with Gasteiger partial charge < -0.3 is 5.32 Å². The minimum Gasteiger partial charge on any atom is -0.319 e. The molecule has 1 amide bonds. The largest absolute Gasteiger partial charge is 0.416 e. The second kappa shape index (κ2) is 7.66.